The van der Waals surface area contributed by atoms with Crippen molar-refractivity contribution in [2.24, 2.45) is 11.7 Å². The van der Waals surface area contributed by atoms with Crippen molar-refractivity contribution in [2.45, 2.75) is 52.0 Å². The van der Waals surface area contributed by atoms with Crippen LogP contribution < -0.4 is 5.73 Å². The molecule has 0 aromatic carbocycles. The molecule has 3 heteroatoms. The minimum atomic E-state index is -0.287. The van der Waals surface area contributed by atoms with Gasteiger partial charge in [0.15, 0.2) is 0 Å². The van der Waals surface area contributed by atoms with E-state index >= 15 is 0 Å². The van der Waals surface area contributed by atoms with Gasteiger partial charge in [-0.2, -0.15) is 0 Å². The summed E-state index contributed by atoms with van der Waals surface area (Å²) in [7, 11) is 0. The second-order valence-corrected chi connectivity index (χ2v) is 4.66. The molecule has 0 saturated carbocycles. The second-order valence-electron chi connectivity index (χ2n) is 4.66. The van der Waals surface area contributed by atoms with Crippen LogP contribution in [-0.2, 0) is 0 Å². The number of nitrogens with zero attached hydrogens (tertiary/aromatic N) is 1. The summed E-state index contributed by atoms with van der Waals surface area (Å²) in [6, 6.07) is 1.48. The Morgan fingerprint density at radius 3 is 2.76 bits per heavy atom. The number of aromatic nitrogens is 1. The molecular weight excluding hydrogens is 215 g/mol. The Labute approximate surface area is 103 Å². The third kappa shape index (κ3) is 4.43. The first kappa shape index (κ1) is 14.1. The molecule has 2 N–H and O–H groups in total. The lowest BCUT2D eigenvalue weighted by molar-refractivity contribution is 0.383. The van der Waals surface area contributed by atoms with E-state index in [9.17, 15) is 4.39 Å². The molecule has 0 aliphatic rings. The fourth-order valence-corrected chi connectivity index (χ4v) is 2.15. The predicted octanol–water partition coefficient (Wildman–Crippen LogP) is 3.83. The van der Waals surface area contributed by atoms with E-state index in [0.29, 0.717) is 11.5 Å². The summed E-state index contributed by atoms with van der Waals surface area (Å²) in [6.07, 6.45) is 8.43. The van der Waals surface area contributed by atoms with E-state index in [1.807, 2.05) is 0 Å². The molecule has 2 atom stereocenters. The van der Waals surface area contributed by atoms with Crippen LogP contribution in [0.3, 0.4) is 0 Å². The van der Waals surface area contributed by atoms with Gasteiger partial charge < -0.3 is 5.73 Å². The molecule has 0 bridgehead atoms. The molecule has 17 heavy (non-hydrogen) atoms. The minimum absolute atomic E-state index is 0.209. The third-order valence-electron chi connectivity index (χ3n) is 3.33. The van der Waals surface area contributed by atoms with Gasteiger partial charge in [-0.05, 0) is 18.4 Å². The van der Waals surface area contributed by atoms with Gasteiger partial charge >= 0.3 is 0 Å². The zero-order valence-electron chi connectivity index (χ0n) is 10.8. The first-order valence-corrected chi connectivity index (χ1v) is 6.54. The zero-order chi connectivity index (χ0) is 12.7. The molecule has 1 aromatic rings. The normalized spacial score (nSPS) is 14.6. The number of hydrogen-bond donors (Lipinski definition) is 1. The average Bonchev–Trinajstić information content (AvgIpc) is 2.34. The fourth-order valence-electron chi connectivity index (χ4n) is 2.15. The Balaban J connectivity index is 2.58. The van der Waals surface area contributed by atoms with Crippen LogP contribution in [0.15, 0.2) is 18.5 Å². The highest BCUT2D eigenvalue weighted by Crippen LogP contribution is 2.25. The zero-order valence-corrected chi connectivity index (χ0v) is 10.8. The summed E-state index contributed by atoms with van der Waals surface area (Å²) in [5.74, 6) is 0.308. The molecular formula is C14H23FN2. The van der Waals surface area contributed by atoms with Gasteiger partial charge in [0.05, 0.1) is 6.20 Å². The number of rotatable bonds is 7. The second kappa shape index (κ2) is 7.38. The number of nitrogens with two attached hydrogens (primary N) is 1. The Bertz CT molecular complexity index is 328. The SMILES string of the molecule is CCCCC(CC)CC(N)c1ccncc1F. The maximum Gasteiger partial charge on any atom is 0.146 e. The van der Waals surface area contributed by atoms with Gasteiger partial charge in [0.2, 0.25) is 0 Å². The molecule has 96 valence electrons. The Hall–Kier alpha value is -0.960. The Morgan fingerprint density at radius 1 is 1.41 bits per heavy atom. The molecule has 1 rings (SSSR count). The van der Waals surface area contributed by atoms with Crippen molar-refractivity contribution in [3.8, 4) is 0 Å². The van der Waals surface area contributed by atoms with Crippen molar-refractivity contribution in [3.63, 3.8) is 0 Å². The van der Waals surface area contributed by atoms with Gasteiger partial charge in [-0.3, -0.25) is 4.98 Å². The number of halogens is 1. The van der Waals surface area contributed by atoms with Crippen LogP contribution in [0.2, 0.25) is 0 Å². The Morgan fingerprint density at radius 2 is 2.18 bits per heavy atom. The quantitative estimate of drug-likeness (QED) is 0.784. The monoisotopic (exact) mass is 238 g/mol. The van der Waals surface area contributed by atoms with Gasteiger partial charge in [-0.25, -0.2) is 4.39 Å². The van der Waals surface area contributed by atoms with Gasteiger partial charge in [0.1, 0.15) is 5.82 Å². The van der Waals surface area contributed by atoms with E-state index in [4.69, 9.17) is 5.73 Å². The highest BCUT2D eigenvalue weighted by Gasteiger charge is 2.16. The molecule has 0 spiro atoms. The molecule has 2 unspecified atom stereocenters. The molecule has 0 radical (unpaired) electrons. The first-order chi connectivity index (χ1) is 8.19. The van der Waals surface area contributed by atoms with E-state index in [0.717, 1.165) is 12.8 Å². The predicted molar refractivity (Wildman–Crippen MR) is 69.0 cm³/mol. The maximum absolute atomic E-state index is 13.5. The lowest BCUT2D eigenvalue weighted by Gasteiger charge is -2.20. The summed E-state index contributed by atoms with van der Waals surface area (Å²) in [5, 5.41) is 0. The van der Waals surface area contributed by atoms with Crippen molar-refractivity contribution in [1.82, 2.24) is 4.98 Å². The lowest BCUT2D eigenvalue weighted by atomic mass is 9.90. The average molecular weight is 238 g/mol. The number of unbranched alkanes of at least 4 members (excludes halogenated alkanes) is 1. The van der Waals surface area contributed by atoms with E-state index in [2.05, 4.69) is 18.8 Å². The van der Waals surface area contributed by atoms with Crippen LogP contribution in [-0.4, -0.2) is 4.98 Å². The highest BCUT2D eigenvalue weighted by atomic mass is 19.1. The van der Waals surface area contributed by atoms with Crippen LogP contribution in [0, 0.1) is 11.7 Å². The molecule has 0 amide bonds. The van der Waals surface area contributed by atoms with Crippen molar-refractivity contribution >= 4 is 0 Å². The largest absolute Gasteiger partial charge is 0.324 e. The van der Waals surface area contributed by atoms with Crippen LogP contribution in [0.4, 0.5) is 4.39 Å². The van der Waals surface area contributed by atoms with Crippen LogP contribution >= 0.6 is 0 Å². The summed E-state index contributed by atoms with van der Waals surface area (Å²) < 4.78 is 13.5. The van der Waals surface area contributed by atoms with Crippen LogP contribution in [0.25, 0.3) is 0 Å². The van der Waals surface area contributed by atoms with Gasteiger partial charge in [0, 0.05) is 17.8 Å². The molecule has 0 saturated heterocycles. The van der Waals surface area contributed by atoms with Crippen LogP contribution in [0.5, 0.6) is 0 Å². The standard InChI is InChI=1S/C14H23FN2/c1-3-5-6-11(4-2)9-14(16)12-7-8-17-10-13(12)15/h7-8,10-11,14H,3-6,9,16H2,1-2H3. The highest BCUT2D eigenvalue weighted by molar-refractivity contribution is 5.16. The van der Waals surface area contributed by atoms with E-state index in [1.165, 1.54) is 25.5 Å². The molecule has 1 aromatic heterocycles. The molecule has 0 aliphatic heterocycles. The van der Waals surface area contributed by atoms with Crippen molar-refractivity contribution in [2.75, 3.05) is 0 Å². The summed E-state index contributed by atoms with van der Waals surface area (Å²) in [6.45, 7) is 4.37. The Kier molecular flexibility index (Phi) is 6.12. The van der Waals surface area contributed by atoms with E-state index < -0.39 is 0 Å². The lowest BCUT2D eigenvalue weighted by Crippen LogP contribution is -2.16. The first-order valence-electron chi connectivity index (χ1n) is 6.54. The third-order valence-corrected chi connectivity index (χ3v) is 3.33. The molecule has 0 aliphatic carbocycles. The van der Waals surface area contributed by atoms with Gasteiger partial charge in [-0.1, -0.05) is 39.5 Å². The van der Waals surface area contributed by atoms with E-state index in [-0.39, 0.29) is 11.9 Å². The van der Waals surface area contributed by atoms with Crippen molar-refractivity contribution in [3.05, 3.63) is 29.8 Å². The summed E-state index contributed by atoms with van der Waals surface area (Å²) >= 11 is 0. The van der Waals surface area contributed by atoms with Crippen molar-refractivity contribution < 1.29 is 4.39 Å². The minimum Gasteiger partial charge on any atom is -0.324 e. The molecule has 1 heterocycles. The maximum atomic E-state index is 13.5. The van der Waals surface area contributed by atoms with Gasteiger partial charge in [0.25, 0.3) is 0 Å². The van der Waals surface area contributed by atoms with Crippen molar-refractivity contribution in [1.29, 1.82) is 0 Å². The summed E-state index contributed by atoms with van der Waals surface area (Å²) in [4.78, 5) is 3.75. The summed E-state index contributed by atoms with van der Waals surface area (Å²) in [5.41, 5.74) is 6.67. The van der Waals surface area contributed by atoms with Gasteiger partial charge in [-0.15, -0.1) is 0 Å². The number of pyridine rings is 1. The molecule has 0 fully saturated rings. The smallest absolute Gasteiger partial charge is 0.146 e. The molecule has 2 nitrogen and oxygen atoms in total. The topological polar surface area (TPSA) is 38.9 Å². The number of hydrogen-bond acceptors (Lipinski definition) is 2. The fraction of sp³-hybridized carbons (Fsp3) is 0.643. The van der Waals surface area contributed by atoms with Crippen LogP contribution in [0.1, 0.15) is 57.6 Å². The van der Waals surface area contributed by atoms with E-state index in [1.54, 1.807) is 12.3 Å².